The fourth-order valence-electron chi connectivity index (χ4n) is 3.24. The number of Topliss-reactive ketones (excluding diaryl/α,β-unsaturated/α-hetero) is 1. The fraction of sp³-hybridized carbons (Fsp3) is 0.150. The van der Waals surface area contributed by atoms with Crippen molar-refractivity contribution in [2.75, 3.05) is 6.54 Å². The molecular weight excluding hydrogens is 483 g/mol. The van der Waals surface area contributed by atoms with E-state index in [1.54, 1.807) is 19.2 Å². The smallest absolute Gasteiger partial charge is 0.376 e. The number of aromatic amines is 1. The van der Waals surface area contributed by atoms with Crippen LogP contribution < -0.4 is 10.0 Å². The average Bonchev–Trinajstić information content (AvgIpc) is 3.21. The molecule has 1 aromatic carbocycles. The molecule has 0 unspecified atom stereocenters. The van der Waals surface area contributed by atoms with Crippen LogP contribution >= 0.6 is 11.6 Å². The molecule has 8 nitrogen and oxygen atoms in total. The summed E-state index contributed by atoms with van der Waals surface area (Å²) in [4.78, 5) is 23.4. The highest BCUT2D eigenvalue weighted by Gasteiger charge is 2.35. The van der Waals surface area contributed by atoms with Crippen LogP contribution in [-0.4, -0.2) is 35.7 Å². The van der Waals surface area contributed by atoms with Gasteiger partial charge in [0.05, 0.1) is 21.2 Å². The standard InChI is InChI=1S/C20H15ClF3N5O3S/c1-10-6-15(29-33(31,32)11-2-3-14(21)13(7-11)20(22,23)24)17(26-8-10)18(30)16-12-4-5-25-19(12)28-9-27-16/h2-7,9,26,29H,8H2,1H3,(H,25,27,28). The van der Waals surface area contributed by atoms with Crippen LogP contribution in [0.15, 0.2) is 64.7 Å². The maximum atomic E-state index is 13.2. The van der Waals surface area contributed by atoms with Gasteiger partial charge in [-0.2, -0.15) is 13.2 Å². The van der Waals surface area contributed by atoms with Gasteiger partial charge in [0.1, 0.15) is 23.4 Å². The highest BCUT2D eigenvalue weighted by atomic mass is 35.5. The van der Waals surface area contributed by atoms with Crippen molar-refractivity contribution in [2.45, 2.75) is 18.0 Å². The number of nitrogens with zero attached hydrogens (tertiary/aromatic N) is 2. The summed E-state index contributed by atoms with van der Waals surface area (Å²) < 4.78 is 67.6. The van der Waals surface area contributed by atoms with E-state index in [-0.39, 0.29) is 23.6 Å². The third-order valence-corrected chi connectivity index (χ3v) is 6.49. The van der Waals surface area contributed by atoms with Gasteiger partial charge in [-0.15, -0.1) is 0 Å². The SMILES string of the molecule is CC1=CC(NS(=O)(=O)c2ccc(Cl)c(C(F)(F)F)c2)=C(C(=O)c2ncnc3[nH]ccc23)NC1. The number of halogens is 4. The summed E-state index contributed by atoms with van der Waals surface area (Å²) in [6.45, 7) is 1.95. The van der Waals surface area contributed by atoms with Gasteiger partial charge in [0.15, 0.2) is 0 Å². The molecule has 13 heteroatoms. The molecule has 172 valence electrons. The van der Waals surface area contributed by atoms with Gasteiger partial charge in [0.25, 0.3) is 10.0 Å². The van der Waals surface area contributed by atoms with Crippen LogP contribution in [0.25, 0.3) is 11.0 Å². The van der Waals surface area contributed by atoms with E-state index in [1.165, 1.54) is 12.4 Å². The van der Waals surface area contributed by atoms with Gasteiger partial charge < -0.3 is 10.3 Å². The van der Waals surface area contributed by atoms with Crippen molar-refractivity contribution < 1.29 is 26.4 Å². The van der Waals surface area contributed by atoms with Crippen molar-refractivity contribution in [3.8, 4) is 0 Å². The molecule has 1 aliphatic heterocycles. The van der Waals surface area contributed by atoms with Gasteiger partial charge in [-0.25, -0.2) is 18.4 Å². The Balaban J connectivity index is 1.77. The molecule has 0 atom stereocenters. The average molecular weight is 498 g/mol. The molecule has 0 fully saturated rings. The maximum Gasteiger partial charge on any atom is 0.417 e. The Labute approximate surface area is 190 Å². The molecule has 0 aliphatic carbocycles. The lowest BCUT2D eigenvalue weighted by Gasteiger charge is -2.21. The summed E-state index contributed by atoms with van der Waals surface area (Å²) in [5.41, 5.74) is -0.392. The monoisotopic (exact) mass is 497 g/mol. The second kappa shape index (κ2) is 8.19. The third kappa shape index (κ3) is 4.44. The fourth-order valence-corrected chi connectivity index (χ4v) is 4.55. The van der Waals surface area contributed by atoms with Crippen molar-refractivity contribution in [1.82, 2.24) is 25.0 Å². The van der Waals surface area contributed by atoms with Gasteiger partial charge in [0.2, 0.25) is 5.78 Å². The molecule has 4 rings (SSSR count). The van der Waals surface area contributed by atoms with Gasteiger partial charge in [0, 0.05) is 18.1 Å². The van der Waals surface area contributed by atoms with E-state index >= 15 is 0 Å². The molecule has 33 heavy (non-hydrogen) atoms. The van der Waals surface area contributed by atoms with Crippen LogP contribution in [0, 0.1) is 0 Å². The van der Waals surface area contributed by atoms with E-state index in [2.05, 4.69) is 25.0 Å². The molecule has 0 bridgehead atoms. The van der Waals surface area contributed by atoms with Crippen molar-refractivity contribution in [3.05, 3.63) is 76.1 Å². The number of carbonyl (C=O) groups excluding carboxylic acids is 1. The molecule has 3 aromatic rings. The number of allylic oxidation sites excluding steroid dienone is 2. The highest BCUT2D eigenvalue weighted by molar-refractivity contribution is 7.89. The largest absolute Gasteiger partial charge is 0.417 e. The highest BCUT2D eigenvalue weighted by Crippen LogP contribution is 2.36. The molecule has 0 spiro atoms. The van der Waals surface area contributed by atoms with Gasteiger partial charge in [-0.3, -0.25) is 9.52 Å². The predicted molar refractivity (Wildman–Crippen MR) is 114 cm³/mol. The minimum Gasteiger partial charge on any atom is -0.376 e. The summed E-state index contributed by atoms with van der Waals surface area (Å²) in [6.07, 6.45) is -0.657. The molecule has 0 radical (unpaired) electrons. The summed E-state index contributed by atoms with van der Waals surface area (Å²) in [6, 6.07) is 3.84. The molecule has 1 aliphatic rings. The predicted octanol–water partition coefficient (Wildman–Crippen LogP) is 3.55. The Morgan fingerprint density at radius 1 is 1.21 bits per heavy atom. The molecule has 0 saturated heterocycles. The number of hydrogen-bond donors (Lipinski definition) is 3. The topological polar surface area (TPSA) is 117 Å². The van der Waals surface area contributed by atoms with Crippen molar-refractivity contribution in [2.24, 2.45) is 0 Å². The summed E-state index contributed by atoms with van der Waals surface area (Å²) in [7, 11) is -4.51. The second-order valence-corrected chi connectivity index (χ2v) is 9.26. The zero-order valence-corrected chi connectivity index (χ0v) is 18.4. The first kappa shape index (κ1) is 22.8. The first-order valence-electron chi connectivity index (χ1n) is 9.35. The maximum absolute atomic E-state index is 13.2. The van der Waals surface area contributed by atoms with Gasteiger partial charge in [-0.1, -0.05) is 17.2 Å². The van der Waals surface area contributed by atoms with E-state index < -0.39 is 37.5 Å². The second-order valence-electron chi connectivity index (χ2n) is 7.17. The molecule has 0 amide bonds. The number of aromatic nitrogens is 3. The Morgan fingerprint density at radius 3 is 2.70 bits per heavy atom. The van der Waals surface area contributed by atoms with E-state index in [4.69, 9.17) is 11.6 Å². The van der Waals surface area contributed by atoms with Crippen molar-refractivity contribution in [1.29, 1.82) is 0 Å². The molecule has 2 aromatic heterocycles. The number of hydrogen-bond acceptors (Lipinski definition) is 6. The Kier molecular flexibility index (Phi) is 5.66. The third-order valence-electron chi connectivity index (χ3n) is 4.80. The van der Waals surface area contributed by atoms with E-state index in [0.717, 1.165) is 12.1 Å². The molecule has 3 N–H and O–H groups in total. The van der Waals surface area contributed by atoms with Crippen molar-refractivity contribution >= 4 is 38.4 Å². The lowest BCUT2D eigenvalue weighted by atomic mass is 10.1. The summed E-state index contributed by atoms with van der Waals surface area (Å²) >= 11 is 5.59. The number of rotatable bonds is 5. The number of fused-ring (bicyclic) bond motifs is 1. The van der Waals surface area contributed by atoms with Gasteiger partial charge in [-0.05, 0) is 37.3 Å². The lowest BCUT2D eigenvalue weighted by molar-refractivity contribution is -0.137. The molecule has 3 heterocycles. The number of H-pyrrole nitrogens is 1. The number of sulfonamides is 1. The molecule has 0 saturated carbocycles. The lowest BCUT2D eigenvalue weighted by Crippen LogP contribution is -2.34. The van der Waals surface area contributed by atoms with Crippen LogP contribution in [0.2, 0.25) is 5.02 Å². The van der Waals surface area contributed by atoms with E-state index in [1.807, 2.05) is 0 Å². The first-order chi connectivity index (χ1) is 15.5. The number of nitrogens with one attached hydrogen (secondary N) is 3. The van der Waals surface area contributed by atoms with Crippen LogP contribution in [0.1, 0.15) is 23.0 Å². The zero-order chi connectivity index (χ0) is 24.0. The summed E-state index contributed by atoms with van der Waals surface area (Å²) in [5.74, 6) is -0.615. The normalized spacial score (nSPS) is 14.8. The summed E-state index contributed by atoms with van der Waals surface area (Å²) in [5, 5.41) is 2.65. The van der Waals surface area contributed by atoms with Crippen LogP contribution in [-0.2, 0) is 16.2 Å². The van der Waals surface area contributed by atoms with Crippen LogP contribution in [0.5, 0.6) is 0 Å². The van der Waals surface area contributed by atoms with Crippen LogP contribution in [0.3, 0.4) is 0 Å². The van der Waals surface area contributed by atoms with E-state index in [9.17, 15) is 26.4 Å². The number of ketones is 1. The van der Waals surface area contributed by atoms with Crippen LogP contribution in [0.4, 0.5) is 13.2 Å². The van der Waals surface area contributed by atoms with E-state index in [0.29, 0.717) is 22.7 Å². The van der Waals surface area contributed by atoms with Crippen molar-refractivity contribution in [3.63, 3.8) is 0 Å². The molecular formula is C20H15ClF3N5O3S. The Hall–Kier alpha value is -3.38. The number of dihydropyridines is 1. The Bertz CT molecular complexity index is 1440. The number of carbonyl (C=O) groups is 1. The minimum atomic E-state index is -4.85. The zero-order valence-electron chi connectivity index (χ0n) is 16.8. The first-order valence-corrected chi connectivity index (χ1v) is 11.2. The number of alkyl halides is 3. The van der Waals surface area contributed by atoms with Gasteiger partial charge >= 0.3 is 6.18 Å². The number of benzene rings is 1. The minimum absolute atomic E-state index is 0.0271. The Morgan fingerprint density at radius 2 is 1.97 bits per heavy atom. The quantitative estimate of drug-likeness (QED) is 0.464.